The molecule has 0 bridgehead atoms. The van der Waals surface area contributed by atoms with E-state index in [4.69, 9.17) is 9.47 Å². The first-order valence-electron chi connectivity index (χ1n) is 9.68. The van der Waals surface area contributed by atoms with Gasteiger partial charge < -0.3 is 9.47 Å². The molecule has 0 aromatic heterocycles. The zero-order chi connectivity index (χ0) is 21.7. The number of fused-ring (bicyclic) bond motifs is 2. The maximum atomic E-state index is 12.7. The zero-order valence-electron chi connectivity index (χ0n) is 16.4. The second-order valence-electron chi connectivity index (χ2n) is 7.19. The molecule has 0 spiro atoms. The number of hydrogen-bond donors (Lipinski definition) is 0. The molecule has 31 heavy (non-hydrogen) atoms. The molecule has 0 aliphatic carbocycles. The molecule has 5 rings (SSSR count). The number of nitrogens with zero attached hydrogens (tertiary/aromatic N) is 1. The normalized spacial score (nSPS) is 14.2. The van der Waals surface area contributed by atoms with E-state index in [9.17, 15) is 19.7 Å². The fraction of sp³-hybridized carbons (Fsp3) is 0.0833. The van der Waals surface area contributed by atoms with E-state index >= 15 is 0 Å². The lowest BCUT2D eigenvalue weighted by atomic mass is 9.98. The summed E-state index contributed by atoms with van der Waals surface area (Å²) in [6.45, 7) is 1.81. The van der Waals surface area contributed by atoms with E-state index in [1.807, 2.05) is 37.3 Å². The smallest absolute Gasteiger partial charge is 0.344 e. The van der Waals surface area contributed by atoms with E-state index in [1.54, 1.807) is 18.2 Å². The van der Waals surface area contributed by atoms with Crippen LogP contribution in [0.4, 0.5) is 5.69 Å². The van der Waals surface area contributed by atoms with Crippen molar-refractivity contribution >= 4 is 28.8 Å². The van der Waals surface area contributed by atoms with E-state index in [1.165, 1.54) is 12.1 Å². The van der Waals surface area contributed by atoms with Crippen LogP contribution >= 0.6 is 0 Å². The Bertz CT molecular complexity index is 1420. The first-order valence-corrected chi connectivity index (χ1v) is 9.68. The molecular weight excluding hydrogens is 398 g/mol. The molecule has 0 saturated carbocycles. The summed E-state index contributed by atoms with van der Waals surface area (Å²) in [5.41, 5.74) is 2.44. The standard InChI is InChI=1S/C24H15NO6/c1-2-13-10-15(8-9-18(13)25(28)29)22-17-12-19-16(11-20(17)31-24(22)27)21(23(26)30-19)14-6-4-3-5-7-14/h3-12H,2H2,1H3. The molecule has 3 aromatic rings. The summed E-state index contributed by atoms with van der Waals surface area (Å²) in [7, 11) is 0. The third-order valence-electron chi connectivity index (χ3n) is 5.44. The third-order valence-corrected chi connectivity index (χ3v) is 5.44. The predicted octanol–water partition coefficient (Wildman–Crippen LogP) is 2.39. The van der Waals surface area contributed by atoms with Crippen molar-refractivity contribution in [3.05, 3.63) is 97.9 Å². The number of benzene rings is 3. The monoisotopic (exact) mass is 413 g/mol. The van der Waals surface area contributed by atoms with E-state index in [0.29, 0.717) is 50.6 Å². The second-order valence-corrected chi connectivity index (χ2v) is 7.19. The minimum Gasteiger partial charge on any atom is -0.422 e. The maximum Gasteiger partial charge on any atom is 0.344 e. The Hall–Kier alpha value is -4.26. The topological polar surface area (TPSA) is 95.7 Å². The highest BCUT2D eigenvalue weighted by molar-refractivity contribution is 6.21. The summed E-state index contributed by atoms with van der Waals surface area (Å²) in [4.78, 5) is 36.0. The van der Waals surface area contributed by atoms with E-state index in [-0.39, 0.29) is 11.3 Å². The molecule has 152 valence electrons. The van der Waals surface area contributed by atoms with Crippen LogP contribution in [-0.2, 0) is 16.0 Å². The van der Waals surface area contributed by atoms with Gasteiger partial charge >= 0.3 is 11.9 Å². The van der Waals surface area contributed by atoms with Crippen LogP contribution in [0.3, 0.4) is 0 Å². The van der Waals surface area contributed by atoms with Crippen LogP contribution in [-0.4, -0.2) is 16.9 Å². The van der Waals surface area contributed by atoms with Gasteiger partial charge in [0.2, 0.25) is 0 Å². The van der Waals surface area contributed by atoms with Gasteiger partial charge in [-0.1, -0.05) is 37.3 Å². The number of carbonyl (C=O) groups excluding carboxylic acids is 2. The van der Waals surface area contributed by atoms with Crippen LogP contribution in [0.1, 0.15) is 23.6 Å². The number of esters is 2. The molecule has 0 radical (unpaired) electrons. The minimum absolute atomic E-state index is 0.00317. The van der Waals surface area contributed by atoms with Gasteiger partial charge in [-0.2, -0.15) is 0 Å². The first kappa shape index (κ1) is 18.7. The fourth-order valence-electron chi connectivity index (χ4n) is 4.00. The SMILES string of the molecule is CCc1cc(C2=c3cc4c(cc3OC2=O)=C(c2ccccc2)C(=O)O4)ccc1[N+](=O)[O-]. The van der Waals surface area contributed by atoms with Gasteiger partial charge in [-0.05, 0) is 41.8 Å². The number of nitro groups is 1. The lowest BCUT2D eigenvalue weighted by Crippen LogP contribution is -2.11. The van der Waals surface area contributed by atoms with Gasteiger partial charge in [0.05, 0.1) is 16.1 Å². The van der Waals surface area contributed by atoms with E-state index in [0.717, 1.165) is 0 Å². The Morgan fingerprint density at radius 1 is 0.806 bits per heavy atom. The van der Waals surface area contributed by atoms with Crippen LogP contribution in [0.5, 0.6) is 11.5 Å². The Balaban J connectivity index is 1.74. The Morgan fingerprint density at radius 2 is 1.39 bits per heavy atom. The molecule has 0 fully saturated rings. The molecule has 7 heteroatoms. The highest BCUT2D eigenvalue weighted by Crippen LogP contribution is 2.29. The van der Waals surface area contributed by atoms with Gasteiger partial charge in [-0.25, -0.2) is 9.59 Å². The van der Waals surface area contributed by atoms with Gasteiger partial charge in [-0.3, -0.25) is 10.1 Å². The number of aryl methyl sites for hydroxylation is 1. The van der Waals surface area contributed by atoms with Gasteiger partial charge in [0.1, 0.15) is 11.5 Å². The summed E-state index contributed by atoms with van der Waals surface area (Å²) in [5, 5.41) is 12.3. The lowest BCUT2D eigenvalue weighted by molar-refractivity contribution is -0.385. The highest BCUT2D eigenvalue weighted by atomic mass is 16.6. The van der Waals surface area contributed by atoms with Gasteiger partial charge in [-0.15, -0.1) is 0 Å². The average Bonchev–Trinajstić information content (AvgIpc) is 3.25. The van der Waals surface area contributed by atoms with Crippen LogP contribution in [0.2, 0.25) is 0 Å². The zero-order valence-corrected chi connectivity index (χ0v) is 16.4. The van der Waals surface area contributed by atoms with Gasteiger partial charge in [0.25, 0.3) is 5.69 Å². The highest BCUT2D eigenvalue weighted by Gasteiger charge is 2.31. The summed E-state index contributed by atoms with van der Waals surface area (Å²) < 4.78 is 10.9. The van der Waals surface area contributed by atoms with Crippen molar-refractivity contribution in [1.82, 2.24) is 0 Å². The van der Waals surface area contributed by atoms with E-state index in [2.05, 4.69) is 0 Å². The maximum absolute atomic E-state index is 12.7. The van der Waals surface area contributed by atoms with Crippen molar-refractivity contribution in [3.8, 4) is 11.5 Å². The minimum atomic E-state index is -0.554. The molecule has 7 nitrogen and oxygen atoms in total. The molecule has 3 aromatic carbocycles. The molecule has 0 amide bonds. The number of hydrogen-bond acceptors (Lipinski definition) is 6. The van der Waals surface area contributed by atoms with Crippen molar-refractivity contribution in [2.45, 2.75) is 13.3 Å². The van der Waals surface area contributed by atoms with Crippen molar-refractivity contribution in [1.29, 1.82) is 0 Å². The number of rotatable bonds is 4. The molecule has 0 atom stereocenters. The average molecular weight is 413 g/mol. The number of carbonyl (C=O) groups is 2. The van der Waals surface area contributed by atoms with E-state index < -0.39 is 16.9 Å². The van der Waals surface area contributed by atoms with Crippen molar-refractivity contribution in [2.75, 3.05) is 0 Å². The molecular formula is C24H15NO6. The predicted molar refractivity (Wildman–Crippen MR) is 111 cm³/mol. The second kappa shape index (κ2) is 6.91. The van der Waals surface area contributed by atoms with Crippen LogP contribution in [0, 0.1) is 10.1 Å². The molecule has 0 unspecified atom stereocenters. The summed E-state index contributed by atoms with van der Waals surface area (Å²) >= 11 is 0. The Kier molecular flexibility index (Phi) is 4.18. The summed E-state index contributed by atoms with van der Waals surface area (Å²) in [5.74, 6) is -0.360. The fourth-order valence-corrected chi connectivity index (χ4v) is 4.00. The Morgan fingerprint density at radius 3 is 1.94 bits per heavy atom. The number of nitro benzene ring substituents is 1. The lowest BCUT2D eigenvalue weighted by Gasteiger charge is -2.04. The molecule has 2 aliphatic heterocycles. The third kappa shape index (κ3) is 2.90. The van der Waals surface area contributed by atoms with Gasteiger partial charge in [0.15, 0.2) is 0 Å². The van der Waals surface area contributed by atoms with Crippen molar-refractivity contribution < 1.29 is 24.0 Å². The number of ether oxygens (including phenoxy) is 2. The van der Waals surface area contributed by atoms with Crippen LogP contribution in [0.25, 0.3) is 11.1 Å². The van der Waals surface area contributed by atoms with Crippen LogP contribution in [0.15, 0.2) is 60.7 Å². The Labute approximate surface area is 176 Å². The largest absolute Gasteiger partial charge is 0.422 e. The van der Waals surface area contributed by atoms with Gasteiger partial charge in [0, 0.05) is 22.1 Å². The first-order chi connectivity index (χ1) is 15.0. The molecule has 2 heterocycles. The summed E-state index contributed by atoms with van der Waals surface area (Å²) in [6, 6.07) is 16.9. The van der Waals surface area contributed by atoms with Crippen molar-refractivity contribution in [2.24, 2.45) is 0 Å². The summed E-state index contributed by atoms with van der Waals surface area (Å²) in [6.07, 6.45) is 0.441. The quantitative estimate of drug-likeness (QED) is 0.282. The van der Waals surface area contributed by atoms with Crippen molar-refractivity contribution in [3.63, 3.8) is 0 Å². The molecule has 2 aliphatic rings. The molecule has 0 N–H and O–H groups in total. The van der Waals surface area contributed by atoms with Crippen LogP contribution < -0.4 is 19.9 Å². The molecule has 0 saturated heterocycles.